The van der Waals surface area contributed by atoms with Crippen LogP contribution in [-0.2, 0) is 9.53 Å². The fourth-order valence-electron chi connectivity index (χ4n) is 2.66. The fourth-order valence-corrected chi connectivity index (χ4v) is 2.66. The van der Waals surface area contributed by atoms with Gasteiger partial charge in [-0.15, -0.1) is 0 Å². The van der Waals surface area contributed by atoms with Crippen LogP contribution in [0.4, 0.5) is 0 Å². The summed E-state index contributed by atoms with van der Waals surface area (Å²) >= 11 is 0. The Balaban J connectivity index is 1.89. The Hall–Kier alpha value is -2.46. The molecule has 9 heteroatoms. The van der Waals surface area contributed by atoms with E-state index in [0.717, 1.165) is 0 Å². The molecule has 4 N–H and O–H groups in total. The molecule has 0 radical (unpaired) electrons. The maximum Gasteiger partial charge on any atom is 0.336 e. The predicted molar refractivity (Wildman–Crippen MR) is 82.2 cm³/mol. The van der Waals surface area contributed by atoms with E-state index in [-0.39, 0.29) is 11.3 Å². The molecule has 0 aliphatic carbocycles. The van der Waals surface area contributed by atoms with Gasteiger partial charge in [0.2, 0.25) is 6.29 Å². The topological polar surface area (TPSA) is 147 Å². The summed E-state index contributed by atoms with van der Waals surface area (Å²) in [5.41, 5.74) is 0.403. The lowest BCUT2D eigenvalue weighted by molar-refractivity contribution is -0.271. The van der Waals surface area contributed by atoms with Gasteiger partial charge in [-0.25, -0.2) is 9.59 Å². The summed E-state index contributed by atoms with van der Waals surface area (Å²) in [4.78, 5) is 22.5. The maximum absolute atomic E-state index is 11.5. The van der Waals surface area contributed by atoms with Crippen molar-refractivity contribution in [2.45, 2.75) is 37.6 Å². The molecule has 2 heterocycles. The van der Waals surface area contributed by atoms with Crippen LogP contribution in [0, 0.1) is 6.92 Å². The molecule has 1 aliphatic heterocycles. The molecule has 0 saturated carbocycles. The van der Waals surface area contributed by atoms with Crippen molar-refractivity contribution in [2.75, 3.05) is 0 Å². The van der Waals surface area contributed by atoms with Gasteiger partial charge in [-0.3, -0.25) is 0 Å². The third-order valence-electron chi connectivity index (χ3n) is 3.99. The SMILES string of the molecule is Cc1cc(=O)oc2cc(O[C@H]3O[C@@H](C(=O)O)[C@@H](O)[C@H](O)[C@H]3O)ccc12. The van der Waals surface area contributed by atoms with Gasteiger partial charge >= 0.3 is 11.6 Å². The van der Waals surface area contributed by atoms with Gasteiger partial charge in [-0.05, 0) is 24.6 Å². The lowest BCUT2D eigenvalue weighted by atomic mass is 9.99. The zero-order valence-electron chi connectivity index (χ0n) is 13.0. The van der Waals surface area contributed by atoms with Crippen molar-refractivity contribution < 1.29 is 39.1 Å². The van der Waals surface area contributed by atoms with Gasteiger partial charge in [-0.2, -0.15) is 0 Å². The number of rotatable bonds is 3. The highest BCUT2D eigenvalue weighted by atomic mass is 16.7. The number of aliphatic carboxylic acids is 1. The Morgan fingerprint density at radius 1 is 1.12 bits per heavy atom. The number of hydrogen-bond donors (Lipinski definition) is 4. The van der Waals surface area contributed by atoms with Gasteiger partial charge in [0, 0.05) is 17.5 Å². The molecule has 0 spiro atoms. The summed E-state index contributed by atoms with van der Waals surface area (Å²) < 4.78 is 15.5. The number of aliphatic hydroxyl groups is 3. The molecule has 5 atom stereocenters. The van der Waals surface area contributed by atoms with E-state index in [2.05, 4.69) is 0 Å². The molecule has 1 aromatic heterocycles. The zero-order chi connectivity index (χ0) is 18.3. The van der Waals surface area contributed by atoms with Gasteiger partial charge in [0.15, 0.2) is 6.10 Å². The minimum atomic E-state index is -1.80. The first-order valence-electron chi connectivity index (χ1n) is 7.41. The largest absolute Gasteiger partial charge is 0.479 e. The lowest BCUT2D eigenvalue weighted by Gasteiger charge is -2.38. The molecule has 0 amide bonds. The first-order valence-corrected chi connectivity index (χ1v) is 7.41. The van der Waals surface area contributed by atoms with Crippen LogP contribution >= 0.6 is 0 Å². The normalized spacial score (nSPS) is 29.5. The second-order valence-electron chi connectivity index (χ2n) is 5.76. The van der Waals surface area contributed by atoms with Crippen LogP contribution in [0.25, 0.3) is 11.0 Å². The van der Waals surface area contributed by atoms with E-state index in [1.807, 2.05) is 0 Å². The Morgan fingerprint density at radius 3 is 2.52 bits per heavy atom. The standard InChI is InChI=1S/C16H16O9/c1-6-4-10(17)24-9-5-7(2-3-8(6)9)23-16-13(20)11(18)12(19)14(25-16)15(21)22/h2-5,11-14,16,18-20H,1H3,(H,21,22)/t11-,12-,13+,14+,16-/m0/s1. The molecule has 1 aliphatic rings. The highest BCUT2D eigenvalue weighted by Gasteiger charge is 2.48. The number of carbonyl (C=O) groups is 1. The Morgan fingerprint density at radius 2 is 1.84 bits per heavy atom. The van der Waals surface area contributed by atoms with Crippen molar-refractivity contribution in [3.63, 3.8) is 0 Å². The average Bonchev–Trinajstić information content (AvgIpc) is 2.54. The smallest absolute Gasteiger partial charge is 0.336 e. The van der Waals surface area contributed by atoms with E-state index in [4.69, 9.17) is 19.0 Å². The minimum absolute atomic E-state index is 0.123. The van der Waals surface area contributed by atoms with E-state index in [9.17, 15) is 24.9 Å². The van der Waals surface area contributed by atoms with E-state index in [0.29, 0.717) is 10.9 Å². The second-order valence-corrected chi connectivity index (χ2v) is 5.76. The number of benzene rings is 1. The molecule has 25 heavy (non-hydrogen) atoms. The van der Waals surface area contributed by atoms with Gasteiger partial charge < -0.3 is 34.3 Å². The molecule has 9 nitrogen and oxygen atoms in total. The molecule has 134 valence electrons. The van der Waals surface area contributed by atoms with Crippen molar-refractivity contribution in [2.24, 2.45) is 0 Å². The molecule has 1 saturated heterocycles. The van der Waals surface area contributed by atoms with E-state index in [1.165, 1.54) is 18.2 Å². The quantitative estimate of drug-likeness (QED) is 0.530. The summed E-state index contributed by atoms with van der Waals surface area (Å²) in [7, 11) is 0. The zero-order valence-corrected chi connectivity index (χ0v) is 13.0. The summed E-state index contributed by atoms with van der Waals surface area (Å²) in [5.74, 6) is -1.38. The number of carboxylic acid groups (broad SMARTS) is 1. The van der Waals surface area contributed by atoms with Gasteiger partial charge in [0.25, 0.3) is 0 Å². The molecule has 1 aromatic carbocycles. The first-order chi connectivity index (χ1) is 11.8. The number of aryl methyl sites for hydroxylation is 1. The molecule has 3 rings (SSSR count). The van der Waals surface area contributed by atoms with Crippen LogP contribution in [0.5, 0.6) is 5.75 Å². The Labute approximate surface area is 140 Å². The van der Waals surface area contributed by atoms with Crippen LogP contribution in [0.2, 0.25) is 0 Å². The second kappa shape index (κ2) is 6.45. The number of ether oxygens (including phenoxy) is 2. The van der Waals surface area contributed by atoms with Crippen molar-refractivity contribution in [3.8, 4) is 5.75 Å². The van der Waals surface area contributed by atoms with Gasteiger partial charge in [0.1, 0.15) is 29.6 Å². The average molecular weight is 352 g/mol. The first kappa shape index (κ1) is 17.4. The van der Waals surface area contributed by atoms with Crippen LogP contribution in [0.3, 0.4) is 0 Å². The van der Waals surface area contributed by atoms with E-state index >= 15 is 0 Å². The third-order valence-corrected chi connectivity index (χ3v) is 3.99. The molecular formula is C16H16O9. The van der Waals surface area contributed by atoms with Gasteiger partial charge in [0.05, 0.1) is 0 Å². The molecule has 2 aromatic rings. The highest BCUT2D eigenvalue weighted by molar-refractivity contribution is 5.81. The van der Waals surface area contributed by atoms with Crippen LogP contribution in [-0.4, -0.2) is 57.1 Å². The van der Waals surface area contributed by atoms with Crippen LogP contribution in [0.15, 0.2) is 33.5 Å². The van der Waals surface area contributed by atoms with Crippen molar-refractivity contribution in [1.82, 2.24) is 0 Å². The van der Waals surface area contributed by atoms with Crippen LogP contribution in [0.1, 0.15) is 5.56 Å². The monoisotopic (exact) mass is 352 g/mol. The maximum atomic E-state index is 11.5. The molecule has 1 fully saturated rings. The highest BCUT2D eigenvalue weighted by Crippen LogP contribution is 2.27. The summed E-state index contributed by atoms with van der Waals surface area (Å²) in [6.45, 7) is 1.74. The number of fused-ring (bicyclic) bond motifs is 1. The number of carboxylic acids is 1. The van der Waals surface area contributed by atoms with Crippen LogP contribution < -0.4 is 10.4 Å². The summed E-state index contributed by atoms with van der Waals surface area (Å²) in [6, 6.07) is 5.86. The fraction of sp³-hybridized carbons (Fsp3) is 0.375. The molecular weight excluding hydrogens is 336 g/mol. The Kier molecular flexibility index (Phi) is 4.48. The van der Waals surface area contributed by atoms with Crippen molar-refractivity contribution in [3.05, 3.63) is 40.2 Å². The predicted octanol–water partition coefficient (Wildman–Crippen LogP) is -0.628. The summed E-state index contributed by atoms with van der Waals surface area (Å²) in [6.07, 6.45) is -8.53. The van der Waals surface area contributed by atoms with E-state index in [1.54, 1.807) is 13.0 Å². The third kappa shape index (κ3) is 3.22. The van der Waals surface area contributed by atoms with Gasteiger partial charge in [-0.1, -0.05) is 0 Å². The number of hydrogen-bond acceptors (Lipinski definition) is 8. The van der Waals surface area contributed by atoms with Crippen molar-refractivity contribution >= 4 is 16.9 Å². The summed E-state index contributed by atoms with van der Waals surface area (Å²) in [5, 5.41) is 39.1. The lowest BCUT2D eigenvalue weighted by Crippen LogP contribution is -2.61. The minimum Gasteiger partial charge on any atom is -0.479 e. The number of aliphatic hydroxyl groups excluding tert-OH is 3. The van der Waals surface area contributed by atoms with Crippen molar-refractivity contribution in [1.29, 1.82) is 0 Å². The van der Waals surface area contributed by atoms with E-state index < -0.39 is 42.3 Å². The Bertz CT molecular complexity index is 858. The molecule has 0 unspecified atom stereocenters. The molecule has 0 bridgehead atoms.